The molecule has 21 heavy (non-hydrogen) atoms. The van der Waals surface area contributed by atoms with Gasteiger partial charge < -0.3 is 5.11 Å². The van der Waals surface area contributed by atoms with E-state index in [1.54, 1.807) is 0 Å². The van der Waals surface area contributed by atoms with E-state index in [0.29, 0.717) is 12.3 Å². The summed E-state index contributed by atoms with van der Waals surface area (Å²) in [7, 11) is 0. The molecular formula is C18H21NO2. The fourth-order valence-corrected chi connectivity index (χ4v) is 3.33. The number of benzene rings is 1. The molecule has 3 rings (SSSR count). The van der Waals surface area contributed by atoms with Crippen LogP contribution in [0, 0.1) is 11.3 Å². The van der Waals surface area contributed by atoms with Crippen molar-refractivity contribution in [2.24, 2.45) is 11.3 Å². The highest BCUT2D eigenvalue weighted by molar-refractivity contribution is 5.79. The SMILES string of the molecule is CC1CCC(Cc2ccc3ccccc3n2)(C(=O)O)CC1. The average molecular weight is 283 g/mol. The van der Waals surface area contributed by atoms with Crippen molar-refractivity contribution in [1.29, 1.82) is 0 Å². The van der Waals surface area contributed by atoms with Crippen LogP contribution in [0.5, 0.6) is 0 Å². The normalized spacial score (nSPS) is 25.9. The summed E-state index contributed by atoms with van der Waals surface area (Å²) < 4.78 is 0. The molecule has 1 aliphatic rings. The Morgan fingerprint density at radius 1 is 1.24 bits per heavy atom. The highest BCUT2D eigenvalue weighted by Crippen LogP contribution is 2.41. The first-order chi connectivity index (χ1) is 10.1. The van der Waals surface area contributed by atoms with Gasteiger partial charge in [-0.25, -0.2) is 0 Å². The number of pyridine rings is 1. The lowest BCUT2D eigenvalue weighted by Crippen LogP contribution is -2.37. The van der Waals surface area contributed by atoms with E-state index in [1.807, 2.05) is 36.4 Å². The first-order valence-electron chi connectivity index (χ1n) is 7.67. The Hall–Kier alpha value is -1.90. The number of carbonyl (C=O) groups is 1. The molecular weight excluding hydrogens is 262 g/mol. The molecule has 3 heteroatoms. The van der Waals surface area contributed by atoms with Crippen LogP contribution in [-0.4, -0.2) is 16.1 Å². The second-order valence-corrected chi connectivity index (χ2v) is 6.44. The third kappa shape index (κ3) is 2.78. The van der Waals surface area contributed by atoms with Gasteiger partial charge >= 0.3 is 5.97 Å². The molecule has 1 aliphatic carbocycles. The van der Waals surface area contributed by atoms with Gasteiger partial charge in [-0.3, -0.25) is 9.78 Å². The van der Waals surface area contributed by atoms with Gasteiger partial charge in [-0.15, -0.1) is 0 Å². The minimum absolute atomic E-state index is 0.542. The van der Waals surface area contributed by atoms with E-state index >= 15 is 0 Å². The number of fused-ring (bicyclic) bond motifs is 1. The fourth-order valence-electron chi connectivity index (χ4n) is 3.33. The van der Waals surface area contributed by atoms with E-state index in [0.717, 1.165) is 42.3 Å². The molecule has 110 valence electrons. The minimum atomic E-state index is -0.663. The molecule has 0 atom stereocenters. The van der Waals surface area contributed by atoms with Crippen LogP contribution in [0.15, 0.2) is 36.4 Å². The van der Waals surface area contributed by atoms with Crippen LogP contribution in [-0.2, 0) is 11.2 Å². The Morgan fingerprint density at radius 2 is 1.95 bits per heavy atom. The Bertz CT molecular complexity index is 657. The molecule has 1 saturated carbocycles. The molecule has 1 heterocycles. The van der Waals surface area contributed by atoms with Crippen molar-refractivity contribution < 1.29 is 9.90 Å². The number of nitrogens with zero attached hydrogens (tertiary/aromatic N) is 1. The second-order valence-electron chi connectivity index (χ2n) is 6.44. The van der Waals surface area contributed by atoms with E-state index in [4.69, 9.17) is 0 Å². The first kappa shape index (κ1) is 14.1. The highest BCUT2D eigenvalue weighted by atomic mass is 16.4. The Labute approximate surface area is 125 Å². The van der Waals surface area contributed by atoms with Gasteiger partial charge in [0.1, 0.15) is 0 Å². The minimum Gasteiger partial charge on any atom is -0.481 e. The van der Waals surface area contributed by atoms with Crippen LogP contribution >= 0.6 is 0 Å². The van der Waals surface area contributed by atoms with Crippen molar-refractivity contribution in [3.8, 4) is 0 Å². The monoisotopic (exact) mass is 283 g/mol. The maximum absolute atomic E-state index is 11.8. The molecule has 0 saturated heterocycles. The number of carboxylic acid groups (broad SMARTS) is 1. The lowest BCUT2D eigenvalue weighted by Gasteiger charge is -2.35. The third-order valence-electron chi connectivity index (χ3n) is 4.86. The summed E-state index contributed by atoms with van der Waals surface area (Å²) >= 11 is 0. The third-order valence-corrected chi connectivity index (χ3v) is 4.86. The van der Waals surface area contributed by atoms with Gasteiger partial charge in [-0.05, 0) is 43.7 Å². The fraction of sp³-hybridized carbons (Fsp3) is 0.444. The largest absolute Gasteiger partial charge is 0.481 e. The number of aliphatic carboxylic acids is 1. The van der Waals surface area contributed by atoms with Crippen LogP contribution in [0.1, 0.15) is 38.3 Å². The molecule has 2 aromatic rings. The number of rotatable bonds is 3. The highest BCUT2D eigenvalue weighted by Gasteiger charge is 2.41. The predicted octanol–water partition coefficient (Wildman–Crippen LogP) is 4.06. The van der Waals surface area contributed by atoms with E-state index < -0.39 is 11.4 Å². The smallest absolute Gasteiger partial charge is 0.310 e. The Balaban J connectivity index is 1.89. The molecule has 1 aromatic heterocycles. The van der Waals surface area contributed by atoms with E-state index in [1.165, 1.54) is 0 Å². The molecule has 0 spiro atoms. The summed E-state index contributed by atoms with van der Waals surface area (Å²) in [6.45, 7) is 2.21. The zero-order valence-electron chi connectivity index (χ0n) is 12.4. The van der Waals surface area contributed by atoms with Crippen LogP contribution in [0.4, 0.5) is 0 Å². The molecule has 1 fully saturated rings. The van der Waals surface area contributed by atoms with Crippen LogP contribution in [0.2, 0.25) is 0 Å². The summed E-state index contributed by atoms with van der Waals surface area (Å²) in [6, 6.07) is 12.0. The van der Waals surface area contributed by atoms with Crippen LogP contribution < -0.4 is 0 Å². The number of carboxylic acids is 1. The zero-order chi connectivity index (χ0) is 14.9. The van der Waals surface area contributed by atoms with Crippen molar-refractivity contribution in [2.45, 2.75) is 39.0 Å². The molecule has 0 amide bonds. The number of para-hydroxylation sites is 1. The Kier molecular flexibility index (Phi) is 3.66. The molecule has 1 aromatic carbocycles. The number of aromatic nitrogens is 1. The molecule has 3 nitrogen and oxygen atoms in total. The van der Waals surface area contributed by atoms with Crippen molar-refractivity contribution in [3.05, 3.63) is 42.1 Å². The molecule has 0 radical (unpaired) electrons. The maximum Gasteiger partial charge on any atom is 0.310 e. The lowest BCUT2D eigenvalue weighted by molar-refractivity contribution is -0.151. The first-order valence-corrected chi connectivity index (χ1v) is 7.67. The van der Waals surface area contributed by atoms with Gasteiger partial charge in [0.15, 0.2) is 0 Å². The van der Waals surface area contributed by atoms with Crippen LogP contribution in [0.25, 0.3) is 10.9 Å². The number of hydrogen-bond acceptors (Lipinski definition) is 2. The quantitative estimate of drug-likeness (QED) is 0.924. The van der Waals surface area contributed by atoms with E-state index in [9.17, 15) is 9.90 Å². The van der Waals surface area contributed by atoms with Gasteiger partial charge in [0, 0.05) is 17.5 Å². The standard InChI is InChI=1S/C18H21NO2/c1-13-8-10-18(11-9-13,17(20)21)12-15-7-6-14-4-2-3-5-16(14)19-15/h2-7,13H,8-12H2,1H3,(H,20,21). The van der Waals surface area contributed by atoms with E-state index in [-0.39, 0.29) is 0 Å². The lowest BCUT2D eigenvalue weighted by atomic mass is 9.68. The maximum atomic E-state index is 11.8. The molecule has 0 unspecified atom stereocenters. The Morgan fingerprint density at radius 3 is 2.67 bits per heavy atom. The summed E-state index contributed by atoms with van der Waals surface area (Å²) in [6.07, 6.45) is 4.07. The van der Waals surface area contributed by atoms with Gasteiger partial charge in [-0.1, -0.05) is 31.2 Å². The molecule has 1 N–H and O–H groups in total. The summed E-state index contributed by atoms with van der Waals surface area (Å²) in [5, 5.41) is 10.8. The van der Waals surface area contributed by atoms with Crippen molar-refractivity contribution >= 4 is 16.9 Å². The topological polar surface area (TPSA) is 50.2 Å². The van der Waals surface area contributed by atoms with Gasteiger partial charge in [-0.2, -0.15) is 0 Å². The molecule has 0 aliphatic heterocycles. The van der Waals surface area contributed by atoms with Crippen LogP contribution in [0.3, 0.4) is 0 Å². The van der Waals surface area contributed by atoms with E-state index in [2.05, 4.69) is 11.9 Å². The second kappa shape index (κ2) is 5.47. The summed E-state index contributed by atoms with van der Waals surface area (Å²) in [5.74, 6) is -0.0219. The number of hydrogen-bond donors (Lipinski definition) is 1. The predicted molar refractivity (Wildman–Crippen MR) is 83.1 cm³/mol. The average Bonchev–Trinajstić information content (AvgIpc) is 2.49. The zero-order valence-corrected chi connectivity index (χ0v) is 12.4. The molecule has 0 bridgehead atoms. The van der Waals surface area contributed by atoms with Crippen molar-refractivity contribution in [1.82, 2.24) is 4.98 Å². The van der Waals surface area contributed by atoms with Gasteiger partial charge in [0.25, 0.3) is 0 Å². The van der Waals surface area contributed by atoms with Crippen molar-refractivity contribution in [3.63, 3.8) is 0 Å². The summed E-state index contributed by atoms with van der Waals surface area (Å²) in [4.78, 5) is 16.5. The summed E-state index contributed by atoms with van der Waals surface area (Å²) in [5.41, 5.74) is 1.22. The van der Waals surface area contributed by atoms with Gasteiger partial charge in [0.2, 0.25) is 0 Å². The van der Waals surface area contributed by atoms with Crippen molar-refractivity contribution in [2.75, 3.05) is 0 Å². The van der Waals surface area contributed by atoms with Gasteiger partial charge in [0.05, 0.1) is 10.9 Å².